The third-order valence-corrected chi connectivity index (χ3v) is 3.03. The fourth-order valence-electron chi connectivity index (χ4n) is 1.82. The van der Waals surface area contributed by atoms with Crippen molar-refractivity contribution in [2.24, 2.45) is 11.7 Å². The van der Waals surface area contributed by atoms with E-state index in [0.29, 0.717) is 5.56 Å². The number of aliphatic hydroxyl groups is 1. The van der Waals surface area contributed by atoms with Crippen molar-refractivity contribution < 1.29 is 14.2 Å². The van der Waals surface area contributed by atoms with Crippen molar-refractivity contribution >= 4 is 0 Å². The molecule has 88 valence electrons. The zero-order chi connectivity index (χ0) is 11.7. The summed E-state index contributed by atoms with van der Waals surface area (Å²) in [5.41, 5.74) is 6.49. The number of ether oxygens (including phenoxy) is 1. The van der Waals surface area contributed by atoms with Gasteiger partial charge in [0.2, 0.25) is 0 Å². The normalized spacial score (nSPS) is 19.2. The molecule has 3 nitrogen and oxygen atoms in total. The van der Waals surface area contributed by atoms with Gasteiger partial charge >= 0.3 is 0 Å². The summed E-state index contributed by atoms with van der Waals surface area (Å²) in [6.07, 6.45) is 1.44. The predicted octanol–water partition coefficient (Wildman–Crippen LogP) is 1.60. The minimum absolute atomic E-state index is 0.192. The van der Waals surface area contributed by atoms with Gasteiger partial charge < -0.3 is 15.6 Å². The van der Waals surface area contributed by atoms with E-state index < -0.39 is 18.0 Å². The van der Waals surface area contributed by atoms with E-state index in [1.807, 2.05) is 0 Å². The number of nitrogens with two attached hydrogens (primary N) is 1. The van der Waals surface area contributed by atoms with Crippen molar-refractivity contribution in [2.45, 2.75) is 25.0 Å². The Kier molecular flexibility index (Phi) is 3.12. The monoisotopic (exact) mass is 225 g/mol. The third kappa shape index (κ3) is 2.18. The highest BCUT2D eigenvalue weighted by Gasteiger charge is 2.34. The van der Waals surface area contributed by atoms with Gasteiger partial charge in [0.15, 0.2) is 11.6 Å². The van der Waals surface area contributed by atoms with E-state index in [9.17, 15) is 9.50 Å². The summed E-state index contributed by atoms with van der Waals surface area (Å²) >= 11 is 0. The number of hydrogen-bond acceptors (Lipinski definition) is 3. The molecule has 1 aliphatic carbocycles. The third-order valence-electron chi connectivity index (χ3n) is 3.03. The second kappa shape index (κ2) is 4.39. The average Bonchev–Trinajstić information content (AvgIpc) is 3.11. The van der Waals surface area contributed by atoms with Crippen LogP contribution in [0, 0.1) is 11.7 Å². The van der Waals surface area contributed by atoms with E-state index >= 15 is 0 Å². The molecule has 0 bridgehead atoms. The van der Waals surface area contributed by atoms with E-state index in [-0.39, 0.29) is 11.7 Å². The van der Waals surface area contributed by atoms with Gasteiger partial charge in [-0.3, -0.25) is 0 Å². The Hall–Kier alpha value is -1.13. The van der Waals surface area contributed by atoms with Crippen LogP contribution in [0.15, 0.2) is 18.2 Å². The van der Waals surface area contributed by atoms with Gasteiger partial charge in [0.1, 0.15) is 0 Å². The van der Waals surface area contributed by atoms with Gasteiger partial charge in [-0.05, 0) is 36.5 Å². The van der Waals surface area contributed by atoms with E-state index in [1.54, 1.807) is 6.07 Å². The Balaban J connectivity index is 2.16. The van der Waals surface area contributed by atoms with Crippen LogP contribution in [0.3, 0.4) is 0 Å². The van der Waals surface area contributed by atoms with Crippen molar-refractivity contribution in [2.75, 3.05) is 7.11 Å². The molecule has 1 saturated carbocycles. The van der Waals surface area contributed by atoms with E-state index in [0.717, 1.165) is 12.8 Å². The van der Waals surface area contributed by atoms with Crippen LogP contribution in [0.25, 0.3) is 0 Å². The zero-order valence-corrected chi connectivity index (χ0v) is 9.19. The van der Waals surface area contributed by atoms with E-state index in [4.69, 9.17) is 10.5 Å². The number of benzene rings is 1. The molecule has 0 heterocycles. The molecule has 1 fully saturated rings. The van der Waals surface area contributed by atoms with Gasteiger partial charge in [0.05, 0.1) is 19.3 Å². The summed E-state index contributed by atoms with van der Waals surface area (Å²) in [4.78, 5) is 0. The lowest BCUT2D eigenvalue weighted by atomic mass is 9.99. The highest BCUT2D eigenvalue weighted by Crippen LogP contribution is 2.37. The summed E-state index contributed by atoms with van der Waals surface area (Å²) in [5.74, 6) is 0.0236. The summed E-state index contributed by atoms with van der Waals surface area (Å²) in [6, 6.07) is 4.03. The van der Waals surface area contributed by atoms with Crippen molar-refractivity contribution in [3.63, 3.8) is 0 Å². The summed E-state index contributed by atoms with van der Waals surface area (Å²) in [6.45, 7) is 0. The van der Waals surface area contributed by atoms with Crippen LogP contribution in [0.4, 0.5) is 4.39 Å². The van der Waals surface area contributed by atoms with Crippen molar-refractivity contribution in [1.82, 2.24) is 0 Å². The quantitative estimate of drug-likeness (QED) is 0.818. The molecule has 0 amide bonds. The topological polar surface area (TPSA) is 55.5 Å². The summed E-state index contributed by atoms with van der Waals surface area (Å²) in [5, 5.41) is 9.85. The Morgan fingerprint density at radius 3 is 2.69 bits per heavy atom. The molecule has 0 saturated heterocycles. The number of aliphatic hydroxyl groups excluding tert-OH is 1. The van der Waals surface area contributed by atoms with Gasteiger partial charge in [0, 0.05) is 0 Å². The molecule has 4 heteroatoms. The lowest BCUT2D eigenvalue weighted by Gasteiger charge is -2.19. The van der Waals surface area contributed by atoms with Gasteiger partial charge in [-0.25, -0.2) is 4.39 Å². The molecule has 0 aromatic heterocycles. The Bertz CT molecular complexity index is 379. The van der Waals surface area contributed by atoms with Crippen LogP contribution in [-0.4, -0.2) is 18.3 Å². The Morgan fingerprint density at radius 2 is 2.19 bits per heavy atom. The molecular formula is C12H16FNO2. The largest absolute Gasteiger partial charge is 0.494 e. The van der Waals surface area contributed by atoms with Crippen LogP contribution < -0.4 is 10.5 Å². The molecule has 1 aromatic rings. The summed E-state index contributed by atoms with van der Waals surface area (Å²) < 4.78 is 18.3. The van der Waals surface area contributed by atoms with Gasteiger partial charge in [-0.1, -0.05) is 6.07 Å². The van der Waals surface area contributed by atoms with Crippen molar-refractivity contribution in [1.29, 1.82) is 0 Å². The maximum absolute atomic E-state index is 13.4. The molecule has 1 aromatic carbocycles. The second-order valence-electron chi connectivity index (χ2n) is 4.25. The fraction of sp³-hybridized carbons (Fsp3) is 0.500. The molecule has 0 radical (unpaired) electrons. The van der Waals surface area contributed by atoms with Crippen LogP contribution in [-0.2, 0) is 0 Å². The standard InChI is InChI=1S/C12H16FNO2/c1-16-10-5-4-8(6-9(10)13)11(14)12(15)7-2-3-7/h4-7,11-12,15H,2-3,14H2,1H3/t11-,12+/m0/s1. The van der Waals surface area contributed by atoms with Crippen LogP contribution in [0.5, 0.6) is 5.75 Å². The van der Waals surface area contributed by atoms with Crippen molar-refractivity contribution in [3.05, 3.63) is 29.6 Å². The number of methoxy groups -OCH3 is 1. The molecule has 3 N–H and O–H groups in total. The molecule has 16 heavy (non-hydrogen) atoms. The number of hydrogen-bond donors (Lipinski definition) is 2. The minimum Gasteiger partial charge on any atom is -0.494 e. The minimum atomic E-state index is -0.576. The van der Waals surface area contributed by atoms with E-state index in [2.05, 4.69) is 0 Å². The first-order valence-electron chi connectivity index (χ1n) is 5.40. The molecule has 2 atom stereocenters. The van der Waals surface area contributed by atoms with Crippen molar-refractivity contribution in [3.8, 4) is 5.75 Å². The molecule has 0 unspecified atom stereocenters. The molecule has 1 aliphatic rings. The first kappa shape index (κ1) is 11.4. The smallest absolute Gasteiger partial charge is 0.165 e. The van der Waals surface area contributed by atoms with Gasteiger partial charge in [-0.15, -0.1) is 0 Å². The number of halogens is 1. The van der Waals surface area contributed by atoms with E-state index in [1.165, 1.54) is 19.2 Å². The highest BCUT2D eigenvalue weighted by atomic mass is 19.1. The van der Waals surface area contributed by atoms with Gasteiger partial charge in [-0.2, -0.15) is 0 Å². The maximum Gasteiger partial charge on any atom is 0.165 e. The first-order valence-corrected chi connectivity index (χ1v) is 5.40. The van der Waals surface area contributed by atoms with Crippen LogP contribution in [0.2, 0.25) is 0 Å². The highest BCUT2D eigenvalue weighted by molar-refractivity contribution is 5.31. The predicted molar refractivity (Wildman–Crippen MR) is 58.6 cm³/mol. The molecular weight excluding hydrogens is 209 g/mol. The first-order chi connectivity index (χ1) is 7.63. The lowest BCUT2D eigenvalue weighted by molar-refractivity contribution is 0.122. The second-order valence-corrected chi connectivity index (χ2v) is 4.25. The lowest BCUT2D eigenvalue weighted by Crippen LogP contribution is -2.27. The van der Waals surface area contributed by atoms with Gasteiger partial charge in [0.25, 0.3) is 0 Å². The maximum atomic E-state index is 13.4. The molecule has 0 spiro atoms. The molecule has 0 aliphatic heterocycles. The SMILES string of the molecule is COc1ccc([C@H](N)[C@H](O)C2CC2)cc1F. The number of rotatable bonds is 4. The Morgan fingerprint density at radius 1 is 1.50 bits per heavy atom. The van der Waals surface area contributed by atoms with Crippen LogP contribution in [0.1, 0.15) is 24.4 Å². The Labute approximate surface area is 94.0 Å². The fourth-order valence-corrected chi connectivity index (χ4v) is 1.82. The van der Waals surface area contributed by atoms with Crippen LogP contribution >= 0.6 is 0 Å². The zero-order valence-electron chi connectivity index (χ0n) is 9.19. The average molecular weight is 225 g/mol. The summed E-state index contributed by atoms with van der Waals surface area (Å²) in [7, 11) is 1.41. The molecule has 2 rings (SSSR count).